The maximum Gasteiger partial charge on any atom is 0.330 e. The van der Waals surface area contributed by atoms with E-state index in [4.69, 9.17) is 4.74 Å². The molecule has 0 spiro atoms. The number of esters is 3. The molecule has 6 nitrogen and oxygen atoms in total. The Balaban J connectivity index is 4.77. The summed E-state index contributed by atoms with van der Waals surface area (Å²) in [4.78, 5) is 34.0. The fraction of sp³-hybridized carbons (Fsp3) is 0.615. The van der Waals surface area contributed by atoms with E-state index in [0.717, 1.165) is 0 Å². The molecule has 0 aromatic rings. The highest BCUT2D eigenvalue weighted by molar-refractivity contribution is 5.85. The number of ether oxygens (including phenoxy) is 3. The lowest BCUT2D eigenvalue weighted by Gasteiger charge is -2.12. The molecule has 0 fully saturated rings. The Kier molecular flexibility index (Phi) is 8.24. The third-order valence-corrected chi connectivity index (χ3v) is 2.37. The number of hydrogen-bond donors (Lipinski definition) is 0. The van der Waals surface area contributed by atoms with Crippen LogP contribution < -0.4 is 0 Å². The van der Waals surface area contributed by atoms with Crippen molar-refractivity contribution in [3.05, 3.63) is 11.6 Å². The monoisotopic (exact) mass is 272 g/mol. The predicted molar refractivity (Wildman–Crippen MR) is 67.1 cm³/mol. The second-order valence-electron chi connectivity index (χ2n) is 3.94. The molecule has 0 saturated heterocycles. The largest absolute Gasteiger partial charge is 0.469 e. The van der Waals surface area contributed by atoms with Crippen molar-refractivity contribution in [1.82, 2.24) is 0 Å². The first-order chi connectivity index (χ1) is 8.94. The van der Waals surface area contributed by atoms with Gasteiger partial charge >= 0.3 is 17.9 Å². The summed E-state index contributed by atoms with van der Waals surface area (Å²) >= 11 is 0. The first-order valence-corrected chi connectivity index (χ1v) is 5.95. The molecule has 0 saturated carbocycles. The quantitative estimate of drug-likeness (QED) is 0.394. The minimum atomic E-state index is -0.573. The summed E-state index contributed by atoms with van der Waals surface area (Å²) in [6, 6.07) is 0. The molecular weight excluding hydrogens is 252 g/mol. The van der Waals surface area contributed by atoms with Crippen molar-refractivity contribution < 1.29 is 28.6 Å². The van der Waals surface area contributed by atoms with E-state index in [2.05, 4.69) is 9.47 Å². The smallest absolute Gasteiger partial charge is 0.330 e. The number of hydrogen-bond acceptors (Lipinski definition) is 6. The maximum absolute atomic E-state index is 11.4. The summed E-state index contributed by atoms with van der Waals surface area (Å²) in [7, 11) is 2.53. The Labute approximate surface area is 112 Å². The summed E-state index contributed by atoms with van der Waals surface area (Å²) in [5.74, 6) is -1.87. The van der Waals surface area contributed by atoms with Gasteiger partial charge in [0.15, 0.2) is 0 Å². The van der Waals surface area contributed by atoms with Gasteiger partial charge in [-0.1, -0.05) is 12.5 Å². The van der Waals surface area contributed by atoms with E-state index in [1.807, 2.05) is 0 Å². The lowest BCUT2D eigenvalue weighted by atomic mass is 9.98. The minimum absolute atomic E-state index is 0.0513. The van der Waals surface area contributed by atoms with Crippen molar-refractivity contribution in [2.24, 2.45) is 5.92 Å². The SMILES string of the molecule is CCOC(=O)C/C(=C\C(=O)OC)CC(C)C(=O)OC. The summed E-state index contributed by atoms with van der Waals surface area (Å²) in [5, 5.41) is 0. The van der Waals surface area contributed by atoms with Crippen LogP contribution in [0.3, 0.4) is 0 Å². The van der Waals surface area contributed by atoms with Crippen LogP contribution in [0.4, 0.5) is 0 Å². The van der Waals surface area contributed by atoms with Crippen molar-refractivity contribution >= 4 is 17.9 Å². The molecule has 108 valence electrons. The molecule has 0 aliphatic heterocycles. The van der Waals surface area contributed by atoms with Gasteiger partial charge in [-0.05, 0) is 13.3 Å². The zero-order chi connectivity index (χ0) is 14.8. The molecule has 0 aromatic heterocycles. The van der Waals surface area contributed by atoms with Gasteiger partial charge in [0.05, 0.1) is 33.2 Å². The Bertz CT molecular complexity index is 358. The van der Waals surface area contributed by atoms with Gasteiger partial charge in [0.25, 0.3) is 0 Å². The maximum atomic E-state index is 11.4. The standard InChI is InChI=1S/C13H20O6/c1-5-19-12(15)8-10(7-11(14)17-3)6-9(2)13(16)18-4/h7,9H,5-6,8H2,1-4H3/b10-7-. The van der Waals surface area contributed by atoms with Gasteiger partial charge < -0.3 is 14.2 Å². The summed E-state index contributed by atoms with van der Waals surface area (Å²) in [6.07, 6.45) is 1.39. The topological polar surface area (TPSA) is 78.9 Å². The summed E-state index contributed by atoms with van der Waals surface area (Å²) in [6.45, 7) is 3.61. The molecule has 0 aliphatic carbocycles. The molecule has 0 heterocycles. The fourth-order valence-electron chi connectivity index (χ4n) is 1.48. The van der Waals surface area contributed by atoms with Crippen molar-refractivity contribution in [1.29, 1.82) is 0 Å². The lowest BCUT2D eigenvalue weighted by molar-refractivity contribution is -0.146. The Morgan fingerprint density at radius 3 is 2.26 bits per heavy atom. The molecule has 19 heavy (non-hydrogen) atoms. The Morgan fingerprint density at radius 1 is 1.16 bits per heavy atom. The van der Waals surface area contributed by atoms with E-state index in [1.54, 1.807) is 13.8 Å². The van der Waals surface area contributed by atoms with E-state index < -0.39 is 23.8 Å². The minimum Gasteiger partial charge on any atom is -0.469 e. The Morgan fingerprint density at radius 2 is 1.79 bits per heavy atom. The average Bonchev–Trinajstić information content (AvgIpc) is 2.37. The number of methoxy groups -OCH3 is 2. The molecule has 6 heteroatoms. The zero-order valence-electron chi connectivity index (χ0n) is 11.7. The van der Waals surface area contributed by atoms with Gasteiger partial charge in [-0.2, -0.15) is 0 Å². The lowest BCUT2D eigenvalue weighted by Crippen LogP contribution is -2.15. The van der Waals surface area contributed by atoms with Crippen LogP contribution in [-0.4, -0.2) is 38.7 Å². The van der Waals surface area contributed by atoms with Crippen LogP contribution in [-0.2, 0) is 28.6 Å². The highest BCUT2D eigenvalue weighted by atomic mass is 16.5. The molecule has 0 rings (SSSR count). The summed E-state index contributed by atoms with van der Waals surface area (Å²) in [5.41, 5.74) is 0.475. The van der Waals surface area contributed by atoms with Crippen LogP contribution in [0.25, 0.3) is 0 Å². The second kappa shape index (κ2) is 9.13. The third-order valence-electron chi connectivity index (χ3n) is 2.37. The van der Waals surface area contributed by atoms with Crippen LogP contribution in [0.1, 0.15) is 26.7 Å². The highest BCUT2D eigenvalue weighted by Crippen LogP contribution is 2.17. The van der Waals surface area contributed by atoms with Gasteiger partial charge in [-0.15, -0.1) is 0 Å². The summed E-state index contributed by atoms with van der Waals surface area (Å²) < 4.78 is 13.9. The molecule has 0 radical (unpaired) electrons. The first kappa shape index (κ1) is 17.2. The third kappa shape index (κ3) is 7.23. The van der Waals surface area contributed by atoms with E-state index >= 15 is 0 Å². The van der Waals surface area contributed by atoms with E-state index in [0.29, 0.717) is 5.57 Å². The van der Waals surface area contributed by atoms with Crippen molar-refractivity contribution in [2.45, 2.75) is 26.7 Å². The van der Waals surface area contributed by atoms with Gasteiger partial charge in [-0.3, -0.25) is 9.59 Å². The molecule has 0 N–H and O–H groups in total. The van der Waals surface area contributed by atoms with Gasteiger partial charge in [-0.25, -0.2) is 4.79 Å². The molecule has 1 atom stereocenters. The van der Waals surface area contributed by atoms with E-state index in [1.165, 1.54) is 20.3 Å². The van der Waals surface area contributed by atoms with Crippen LogP contribution in [0.2, 0.25) is 0 Å². The predicted octanol–water partition coefficient (Wildman–Crippen LogP) is 1.24. The van der Waals surface area contributed by atoms with Gasteiger partial charge in [0.2, 0.25) is 0 Å². The van der Waals surface area contributed by atoms with E-state index in [9.17, 15) is 14.4 Å². The molecular formula is C13H20O6. The molecule has 0 aliphatic rings. The zero-order valence-corrected chi connectivity index (χ0v) is 11.7. The van der Waals surface area contributed by atoms with Crippen molar-refractivity contribution in [3.8, 4) is 0 Å². The normalized spacial score (nSPS) is 12.5. The van der Waals surface area contributed by atoms with Crippen LogP contribution in [0.5, 0.6) is 0 Å². The second-order valence-corrected chi connectivity index (χ2v) is 3.94. The molecule has 0 amide bonds. The Hall–Kier alpha value is -1.85. The number of rotatable bonds is 7. The van der Waals surface area contributed by atoms with Gasteiger partial charge in [0, 0.05) is 6.08 Å². The van der Waals surface area contributed by atoms with Crippen LogP contribution in [0, 0.1) is 5.92 Å². The highest BCUT2D eigenvalue weighted by Gasteiger charge is 2.18. The first-order valence-electron chi connectivity index (χ1n) is 5.95. The average molecular weight is 272 g/mol. The number of carbonyl (C=O) groups is 3. The van der Waals surface area contributed by atoms with Crippen molar-refractivity contribution in [2.75, 3.05) is 20.8 Å². The number of carbonyl (C=O) groups excluding carboxylic acids is 3. The van der Waals surface area contributed by atoms with Crippen LogP contribution >= 0.6 is 0 Å². The molecule has 1 unspecified atom stereocenters. The van der Waals surface area contributed by atoms with Crippen molar-refractivity contribution in [3.63, 3.8) is 0 Å². The van der Waals surface area contributed by atoms with Crippen LogP contribution in [0.15, 0.2) is 11.6 Å². The molecule has 0 aromatic carbocycles. The van der Waals surface area contributed by atoms with Gasteiger partial charge in [0.1, 0.15) is 0 Å². The fourth-order valence-corrected chi connectivity index (χ4v) is 1.48. The van der Waals surface area contributed by atoms with E-state index in [-0.39, 0.29) is 19.4 Å². The molecule has 0 bridgehead atoms.